The Morgan fingerprint density at radius 2 is 1.63 bits per heavy atom. The number of hydrogen-bond acceptors (Lipinski definition) is 4. The third kappa shape index (κ3) is 5.11. The number of benzene rings is 2. The fourth-order valence-electron chi connectivity index (χ4n) is 3.34. The van der Waals surface area contributed by atoms with Crippen molar-refractivity contribution in [2.75, 3.05) is 26.2 Å². The minimum atomic E-state index is -0.466. The summed E-state index contributed by atoms with van der Waals surface area (Å²) in [4.78, 5) is 39.0. The standard InChI is InChI=1S/C23H25N3O4/c1-17(2)19-7-9-20(10-8-19)23(28)25-14-12-24(13-15-25)22(27)11-6-18-4-3-5-21(16-18)26(29)30/h3-11,16-17H,12-15H2,1-2H3/b11-6+. The zero-order valence-corrected chi connectivity index (χ0v) is 17.2. The molecule has 0 N–H and O–H groups in total. The molecule has 0 spiro atoms. The molecule has 3 rings (SSSR count). The summed E-state index contributed by atoms with van der Waals surface area (Å²) in [5, 5.41) is 10.8. The van der Waals surface area contributed by atoms with Crippen molar-refractivity contribution < 1.29 is 14.5 Å². The molecule has 0 saturated carbocycles. The normalized spacial score (nSPS) is 14.4. The fourth-order valence-corrected chi connectivity index (χ4v) is 3.34. The van der Waals surface area contributed by atoms with Gasteiger partial charge in [-0.15, -0.1) is 0 Å². The number of nitro groups is 1. The molecule has 0 aliphatic carbocycles. The molecule has 0 bridgehead atoms. The average Bonchev–Trinajstić information content (AvgIpc) is 2.77. The Hall–Kier alpha value is -3.48. The first kappa shape index (κ1) is 21.2. The monoisotopic (exact) mass is 407 g/mol. The minimum Gasteiger partial charge on any atom is -0.336 e. The van der Waals surface area contributed by atoms with Gasteiger partial charge in [-0.05, 0) is 35.3 Å². The molecule has 156 valence electrons. The highest BCUT2D eigenvalue weighted by atomic mass is 16.6. The number of nitrogens with zero attached hydrogens (tertiary/aromatic N) is 3. The summed E-state index contributed by atoms with van der Waals surface area (Å²) < 4.78 is 0. The Morgan fingerprint density at radius 1 is 1.00 bits per heavy atom. The van der Waals surface area contributed by atoms with Crippen LogP contribution in [0.4, 0.5) is 5.69 Å². The maximum atomic E-state index is 12.7. The second-order valence-corrected chi connectivity index (χ2v) is 7.58. The highest BCUT2D eigenvalue weighted by Gasteiger charge is 2.24. The van der Waals surface area contributed by atoms with Crippen LogP contribution in [0, 0.1) is 10.1 Å². The lowest BCUT2D eigenvalue weighted by Crippen LogP contribution is -2.50. The van der Waals surface area contributed by atoms with Gasteiger partial charge in [0.1, 0.15) is 0 Å². The minimum absolute atomic E-state index is 0.0156. The molecule has 1 aliphatic rings. The van der Waals surface area contributed by atoms with E-state index in [4.69, 9.17) is 0 Å². The molecule has 0 radical (unpaired) electrons. The number of carbonyl (C=O) groups excluding carboxylic acids is 2. The van der Waals surface area contributed by atoms with Crippen molar-refractivity contribution in [1.82, 2.24) is 9.80 Å². The predicted octanol–water partition coefficient (Wildman–Crippen LogP) is 3.72. The average molecular weight is 407 g/mol. The number of amides is 2. The van der Waals surface area contributed by atoms with Crippen molar-refractivity contribution in [3.8, 4) is 0 Å². The second kappa shape index (κ2) is 9.35. The summed E-state index contributed by atoms with van der Waals surface area (Å²) in [6.45, 7) is 6.07. The van der Waals surface area contributed by atoms with E-state index < -0.39 is 4.92 Å². The number of rotatable bonds is 5. The van der Waals surface area contributed by atoms with Crippen LogP contribution in [0.2, 0.25) is 0 Å². The zero-order chi connectivity index (χ0) is 21.7. The van der Waals surface area contributed by atoms with E-state index in [9.17, 15) is 19.7 Å². The van der Waals surface area contributed by atoms with Crippen molar-refractivity contribution in [2.24, 2.45) is 0 Å². The molecule has 2 aromatic rings. The van der Waals surface area contributed by atoms with Gasteiger partial charge in [-0.3, -0.25) is 19.7 Å². The quantitative estimate of drug-likeness (QED) is 0.430. The van der Waals surface area contributed by atoms with Gasteiger partial charge in [0.2, 0.25) is 5.91 Å². The number of carbonyl (C=O) groups is 2. The molecular formula is C23H25N3O4. The molecule has 1 heterocycles. The van der Waals surface area contributed by atoms with Crippen LogP contribution >= 0.6 is 0 Å². The van der Waals surface area contributed by atoms with E-state index in [-0.39, 0.29) is 17.5 Å². The molecule has 2 aromatic carbocycles. The van der Waals surface area contributed by atoms with Crippen LogP contribution in [0.3, 0.4) is 0 Å². The van der Waals surface area contributed by atoms with Crippen molar-refractivity contribution in [1.29, 1.82) is 0 Å². The Bertz CT molecular complexity index is 959. The molecular weight excluding hydrogens is 382 g/mol. The van der Waals surface area contributed by atoms with Crippen LogP contribution in [0.5, 0.6) is 0 Å². The molecule has 0 aromatic heterocycles. The number of piperazine rings is 1. The van der Waals surface area contributed by atoms with E-state index in [1.165, 1.54) is 23.8 Å². The molecule has 1 aliphatic heterocycles. The van der Waals surface area contributed by atoms with Gasteiger partial charge in [0.15, 0.2) is 0 Å². The van der Waals surface area contributed by atoms with Crippen molar-refractivity contribution in [3.63, 3.8) is 0 Å². The highest BCUT2D eigenvalue weighted by molar-refractivity contribution is 5.95. The van der Waals surface area contributed by atoms with Gasteiger partial charge in [0.05, 0.1) is 4.92 Å². The Morgan fingerprint density at radius 3 is 2.23 bits per heavy atom. The second-order valence-electron chi connectivity index (χ2n) is 7.58. The van der Waals surface area contributed by atoms with E-state index >= 15 is 0 Å². The van der Waals surface area contributed by atoms with Gasteiger partial charge < -0.3 is 9.80 Å². The summed E-state index contributed by atoms with van der Waals surface area (Å²) in [6, 6.07) is 13.8. The lowest BCUT2D eigenvalue weighted by atomic mass is 10.0. The first-order valence-corrected chi connectivity index (χ1v) is 9.96. The summed E-state index contributed by atoms with van der Waals surface area (Å²) in [7, 11) is 0. The van der Waals surface area contributed by atoms with Crippen molar-refractivity contribution >= 4 is 23.6 Å². The van der Waals surface area contributed by atoms with E-state index in [1.54, 1.807) is 28.0 Å². The van der Waals surface area contributed by atoms with E-state index in [0.29, 0.717) is 43.2 Å². The molecule has 1 fully saturated rings. The van der Waals surface area contributed by atoms with Gasteiger partial charge in [0, 0.05) is 50.0 Å². The fraction of sp³-hybridized carbons (Fsp3) is 0.304. The van der Waals surface area contributed by atoms with Crippen LogP contribution in [0.15, 0.2) is 54.6 Å². The maximum absolute atomic E-state index is 12.7. The molecule has 0 atom stereocenters. The SMILES string of the molecule is CC(C)c1ccc(C(=O)N2CCN(C(=O)/C=C/c3cccc([N+](=O)[O-])c3)CC2)cc1. The van der Waals surface area contributed by atoms with Crippen LogP contribution < -0.4 is 0 Å². The number of hydrogen-bond donors (Lipinski definition) is 0. The smallest absolute Gasteiger partial charge is 0.270 e. The third-order valence-corrected chi connectivity index (χ3v) is 5.20. The van der Waals surface area contributed by atoms with E-state index in [0.717, 1.165) is 0 Å². The van der Waals surface area contributed by atoms with Crippen LogP contribution in [0.25, 0.3) is 6.08 Å². The molecule has 1 saturated heterocycles. The molecule has 7 heteroatoms. The topological polar surface area (TPSA) is 83.8 Å². The zero-order valence-electron chi connectivity index (χ0n) is 17.2. The van der Waals surface area contributed by atoms with E-state index in [1.807, 2.05) is 24.3 Å². The Labute approximate surface area is 175 Å². The van der Waals surface area contributed by atoms with E-state index in [2.05, 4.69) is 13.8 Å². The van der Waals surface area contributed by atoms with Gasteiger partial charge in [-0.2, -0.15) is 0 Å². The summed E-state index contributed by atoms with van der Waals surface area (Å²) in [6.07, 6.45) is 2.99. The summed E-state index contributed by atoms with van der Waals surface area (Å²) >= 11 is 0. The summed E-state index contributed by atoms with van der Waals surface area (Å²) in [5.41, 5.74) is 2.43. The van der Waals surface area contributed by atoms with Crippen molar-refractivity contribution in [2.45, 2.75) is 19.8 Å². The van der Waals surface area contributed by atoms with Gasteiger partial charge >= 0.3 is 0 Å². The molecule has 30 heavy (non-hydrogen) atoms. The van der Waals surface area contributed by atoms with Gasteiger partial charge in [-0.1, -0.05) is 38.1 Å². The van der Waals surface area contributed by atoms with Crippen molar-refractivity contribution in [3.05, 3.63) is 81.4 Å². The van der Waals surface area contributed by atoms with Gasteiger partial charge in [-0.25, -0.2) is 0 Å². The predicted molar refractivity (Wildman–Crippen MR) is 115 cm³/mol. The Balaban J connectivity index is 1.55. The molecule has 2 amide bonds. The molecule has 7 nitrogen and oxygen atoms in total. The highest BCUT2D eigenvalue weighted by Crippen LogP contribution is 2.17. The first-order valence-electron chi connectivity index (χ1n) is 9.96. The third-order valence-electron chi connectivity index (χ3n) is 5.20. The largest absolute Gasteiger partial charge is 0.336 e. The lowest BCUT2D eigenvalue weighted by molar-refractivity contribution is -0.384. The van der Waals surface area contributed by atoms with Crippen LogP contribution in [-0.2, 0) is 4.79 Å². The Kier molecular flexibility index (Phi) is 6.61. The lowest BCUT2D eigenvalue weighted by Gasteiger charge is -2.34. The van der Waals surface area contributed by atoms with Crippen LogP contribution in [0.1, 0.15) is 41.3 Å². The number of nitro benzene ring substituents is 1. The first-order chi connectivity index (χ1) is 14.3. The van der Waals surface area contributed by atoms with Crippen LogP contribution in [-0.4, -0.2) is 52.7 Å². The van der Waals surface area contributed by atoms with Gasteiger partial charge in [0.25, 0.3) is 11.6 Å². The molecule has 0 unspecified atom stereocenters. The number of non-ortho nitro benzene ring substituents is 1. The summed E-state index contributed by atoms with van der Waals surface area (Å²) in [5.74, 6) is 0.221. The maximum Gasteiger partial charge on any atom is 0.270 e.